The maximum atomic E-state index is 11.4. The van der Waals surface area contributed by atoms with Gasteiger partial charge in [0, 0.05) is 5.39 Å². The van der Waals surface area contributed by atoms with Crippen molar-refractivity contribution in [3.05, 3.63) is 58.2 Å². The predicted octanol–water partition coefficient (Wildman–Crippen LogP) is 2.37. The number of esters is 1. The van der Waals surface area contributed by atoms with Gasteiger partial charge >= 0.3 is 11.8 Å². The number of nitro groups is 1. The maximum Gasteiger partial charge on any atom is 0.381 e. The minimum absolute atomic E-state index is 0.132. The van der Waals surface area contributed by atoms with Gasteiger partial charge in [0.1, 0.15) is 11.8 Å². The van der Waals surface area contributed by atoms with Gasteiger partial charge in [0.2, 0.25) is 12.1 Å². The van der Waals surface area contributed by atoms with Crippen LogP contribution in [0.5, 0.6) is 0 Å². The number of fused-ring (bicyclic) bond motifs is 1. The zero-order chi connectivity index (χ0) is 15.7. The molecule has 0 amide bonds. The summed E-state index contributed by atoms with van der Waals surface area (Å²) in [6, 6.07) is 7.00. The first kappa shape index (κ1) is 13.8. The first-order valence-corrected chi connectivity index (χ1v) is 6.34. The normalized spacial score (nSPS) is 10.8. The molecule has 2 aromatic heterocycles. The van der Waals surface area contributed by atoms with Crippen LogP contribution >= 0.6 is 0 Å². The molecule has 8 heteroatoms. The van der Waals surface area contributed by atoms with E-state index >= 15 is 0 Å². The van der Waals surface area contributed by atoms with Gasteiger partial charge in [-0.1, -0.05) is 6.07 Å². The number of methoxy groups -OCH3 is 1. The third kappa shape index (κ3) is 2.53. The minimum Gasteiger partial charge on any atom is -0.463 e. The largest absolute Gasteiger partial charge is 0.463 e. The second-order valence-corrected chi connectivity index (χ2v) is 4.64. The fraction of sp³-hybridized carbons (Fsp3) is 0.143. The summed E-state index contributed by atoms with van der Waals surface area (Å²) in [6.07, 6.45) is 2.76. The van der Waals surface area contributed by atoms with Gasteiger partial charge in [-0.3, -0.25) is 0 Å². The number of imidazole rings is 1. The van der Waals surface area contributed by atoms with Crippen LogP contribution in [0, 0.1) is 10.1 Å². The zero-order valence-corrected chi connectivity index (χ0v) is 11.6. The molecule has 0 saturated heterocycles. The Bertz CT molecular complexity index is 864. The molecule has 0 spiro atoms. The average molecular weight is 301 g/mol. The van der Waals surface area contributed by atoms with E-state index in [0.717, 1.165) is 10.9 Å². The van der Waals surface area contributed by atoms with Crippen LogP contribution in [0.3, 0.4) is 0 Å². The van der Waals surface area contributed by atoms with Crippen molar-refractivity contribution in [1.82, 2.24) is 9.55 Å². The zero-order valence-electron chi connectivity index (χ0n) is 11.6. The topological polar surface area (TPSA) is 100 Å². The number of aromatic nitrogens is 2. The first-order valence-electron chi connectivity index (χ1n) is 6.34. The summed E-state index contributed by atoms with van der Waals surface area (Å²) in [6.45, 7) is 0.426. The lowest BCUT2D eigenvalue weighted by Gasteiger charge is -2.00. The van der Waals surface area contributed by atoms with Crippen molar-refractivity contribution in [2.75, 3.05) is 7.11 Å². The number of nitrogens with zero attached hydrogens (tertiary/aromatic N) is 3. The summed E-state index contributed by atoms with van der Waals surface area (Å²) >= 11 is 0. The molecule has 0 fully saturated rings. The number of benzene rings is 1. The molecule has 3 rings (SSSR count). The number of rotatable bonds is 4. The minimum atomic E-state index is -0.543. The van der Waals surface area contributed by atoms with Gasteiger partial charge in [0.25, 0.3) is 0 Å². The van der Waals surface area contributed by atoms with E-state index in [0.29, 0.717) is 12.1 Å². The van der Waals surface area contributed by atoms with Crippen molar-refractivity contribution < 1.29 is 18.9 Å². The summed E-state index contributed by atoms with van der Waals surface area (Å²) in [5.74, 6) is -0.603. The van der Waals surface area contributed by atoms with E-state index in [9.17, 15) is 14.9 Å². The molecule has 2 heterocycles. The van der Waals surface area contributed by atoms with E-state index in [2.05, 4.69) is 9.72 Å². The summed E-state index contributed by atoms with van der Waals surface area (Å²) in [4.78, 5) is 25.2. The molecule has 22 heavy (non-hydrogen) atoms. The van der Waals surface area contributed by atoms with Crippen LogP contribution in [0.4, 0.5) is 5.82 Å². The van der Waals surface area contributed by atoms with Gasteiger partial charge in [-0.2, -0.15) is 0 Å². The van der Waals surface area contributed by atoms with E-state index in [4.69, 9.17) is 4.42 Å². The molecule has 1 aromatic carbocycles. The quantitative estimate of drug-likeness (QED) is 0.416. The van der Waals surface area contributed by atoms with Crippen molar-refractivity contribution in [2.45, 2.75) is 6.54 Å². The molecule has 112 valence electrons. The molecule has 3 aromatic rings. The molecular formula is C14H11N3O5. The lowest BCUT2D eigenvalue weighted by atomic mass is 10.1. The molecule has 8 nitrogen and oxygen atoms in total. The Kier molecular flexibility index (Phi) is 3.34. The number of hydrogen-bond donors (Lipinski definition) is 0. The van der Waals surface area contributed by atoms with Crippen LogP contribution in [-0.4, -0.2) is 27.6 Å². The van der Waals surface area contributed by atoms with E-state index in [-0.39, 0.29) is 11.6 Å². The van der Waals surface area contributed by atoms with Crippen molar-refractivity contribution in [3.8, 4) is 0 Å². The molecule has 0 saturated carbocycles. The lowest BCUT2D eigenvalue weighted by Crippen LogP contribution is -1.97. The summed E-state index contributed by atoms with van der Waals surface area (Å²) in [7, 11) is 1.28. The molecule has 0 radical (unpaired) electrons. The number of furan rings is 1. The van der Waals surface area contributed by atoms with Gasteiger partial charge < -0.3 is 23.8 Å². The molecule has 0 aliphatic heterocycles. The van der Waals surface area contributed by atoms with Crippen molar-refractivity contribution in [2.24, 2.45) is 0 Å². The first-order chi connectivity index (χ1) is 10.6. The smallest absolute Gasteiger partial charge is 0.381 e. The molecule has 0 aliphatic rings. The van der Waals surface area contributed by atoms with Crippen LogP contribution in [0.25, 0.3) is 11.0 Å². The molecular weight excluding hydrogens is 290 g/mol. The van der Waals surface area contributed by atoms with Crippen molar-refractivity contribution in [1.29, 1.82) is 0 Å². The van der Waals surface area contributed by atoms with E-state index in [1.54, 1.807) is 16.7 Å². The van der Waals surface area contributed by atoms with Crippen LogP contribution in [0.2, 0.25) is 0 Å². The second kappa shape index (κ2) is 5.32. The average Bonchev–Trinajstić information content (AvgIpc) is 3.12. The standard InChI is InChI=1S/C14H11N3O5/c1-21-14(18)12-5-10-4-9(2-3-11(10)22-12)6-16-7-13(15-8-16)17(19)20/h2-5,7-8H,6H2,1H3. The number of ether oxygens (including phenoxy) is 1. The SMILES string of the molecule is COC(=O)c1cc2cc(Cn3cnc([N+](=O)[O-])c3)ccc2o1. The summed E-state index contributed by atoms with van der Waals surface area (Å²) in [5, 5.41) is 11.4. The van der Waals surface area contributed by atoms with Crippen molar-refractivity contribution in [3.63, 3.8) is 0 Å². The van der Waals surface area contributed by atoms with E-state index in [1.807, 2.05) is 12.1 Å². The third-order valence-electron chi connectivity index (χ3n) is 3.14. The Morgan fingerprint density at radius 1 is 1.45 bits per heavy atom. The lowest BCUT2D eigenvalue weighted by molar-refractivity contribution is -0.389. The van der Waals surface area contributed by atoms with Gasteiger partial charge in [-0.15, -0.1) is 0 Å². The van der Waals surface area contributed by atoms with Gasteiger partial charge in [0.15, 0.2) is 0 Å². The maximum absolute atomic E-state index is 11.4. The monoisotopic (exact) mass is 301 g/mol. The number of carbonyl (C=O) groups excluding carboxylic acids is 1. The molecule has 0 aliphatic carbocycles. The summed E-state index contributed by atoms with van der Waals surface area (Å²) in [5.41, 5.74) is 1.47. The van der Waals surface area contributed by atoms with E-state index < -0.39 is 10.9 Å². The van der Waals surface area contributed by atoms with Gasteiger partial charge in [-0.05, 0) is 33.7 Å². The summed E-state index contributed by atoms with van der Waals surface area (Å²) < 4.78 is 11.6. The van der Waals surface area contributed by atoms with E-state index in [1.165, 1.54) is 19.6 Å². The van der Waals surface area contributed by atoms with Crippen LogP contribution in [-0.2, 0) is 11.3 Å². The highest BCUT2D eigenvalue weighted by Gasteiger charge is 2.13. The third-order valence-corrected chi connectivity index (χ3v) is 3.14. The highest BCUT2D eigenvalue weighted by molar-refractivity contribution is 5.92. The Hall–Kier alpha value is -3.16. The predicted molar refractivity (Wildman–Crippen MR) is 75.5 cm³/mol. The van der Waals surface area contributed by atoms with Crippen LogP contribution < -0.4 is 0 Å². The van der Waals surface area contributed by atoms with Gasteiger partial charge in [0.05, 0.1) is 13.7 Å². The Balaban J connectivity index is 1.87. The van der Waals surface area contributed by atoms with Crippen LogP contribution in [0.1, 0.15) is 16.1 Å². The number of carbonyl (C=O) groups is 1. The Labute approximate surface area is 124 Å². The second-order valence-electron chi connectivity index (χ2n) is 4.64. The molecule has 0 N–H and O–H groups in total. The highest BCUT2D eigenvalue weighted by Crippen LogP contribution is 2.22. The van der Waals surface area contributed by atoms with Crippen molar-refractivity contribution >= 4 is 22.8 Å². The fourth-order valence-corrected chi connectivity index (χ4v) is 2.13. The Morgan fingerprint density at radius 3 is 2.95 bits per heavy atom. The molecule has 0 unspecified atom stereocenters. The number of hydrogen-bond acceptors (Lipinski definition) is 6. The highest BCUT2D eigenvalue weighted by atomic mass is 16.6. The Morgan fingerprint density at radius 2 is 2.27 bits per heavy atom. The fourth-order valence-electron chi connectivity index (χ4n) is 2.13. The van der Waals surface area contributed by atoms with Gasteiger partial charge in [-0.25, -0.2) is 4.79 Å². The molecule has 0 atom stereocenters. The van der Waals surface area contributed by atoms with Crippen LogP contribution in [0.15, 0.2) is 41.2 Å². The molecule has 0 bridgehead atoms.